The van der Waals surface area contributed by atoms with E-state index in [-0.39, 0.29) is 5.60 Å². The van der Waals surface area contributed by atoms with Crippen LogP contribution in [-0.2, 0) is 9.47 Å². The number of piperidine rings is 1. The molecule has 0 aromatic rings. The lowest BCUT2D eigenvalue weighted by molar-refractivity contribution is -0.128. The van der Waals surface area contributed by atoms with Crippen molar-refractivity contribution in [2.75, 3.05) is 45.9 Å². The Morgan fingerprint density at radius 3 is 2.88 bits per heavy atom. The molecule has 1 unspecified atom stereocenters. The van der Waals surface area contributed by atoms with Gasteiger partial charge in [0.2, 0.25) is 0 Å². The zero-order valence-electron chi connectivity index (χ0n) is 10.6. The van der Waals surface area contributed by atoms with Crippen LogP contribution in [0.15, 0.2) is 0 Å². The topological polar surface area (TPSA) is 33.7 Å². The van der Waals surface area contributed by atoms with E-state index in [1.165, 1.54) is 12.8 Å². The van der Waals surface area contributed by atoms with Crippen LogP contribution in [0.3, 0.4) is 0 Å². The fourth-order valence-corrected chi connectivity index (χ4v) is 3.34. The maximum absolute atomic E-state index is 6.08. The second kappa shape index (κ2) is 5.22. The quantitative estimate of drug-likeness (QED) is 0.767. The summed E-state index contributed by atoms with van der Waals surface area (Å²) in [5.41, 5.74) is 0.141. The molecule has 17 heavy (non-hydrogen) atoms. The highest BCUT2D eigenvalue weighted by molar-refractivity contribution is 4.92. The molecule has 3 heterocycles. The van der Waals surface area contributed by atoms with Gasteiger partial charge in [-0.25, -0.2) is 0 Å². The lowest BCUT2D eigenvalue weighted by Gasteiger charge is -2.45. The first kappa shape index (κ1) is 11.9. The Morgan fingerprint density at radius 1 is 1.24 bits per heavy atom. The molecule has 1 N–H and O–H groups in total. The summed E-state index contributed by atoms with van der Waals surface area (Å²) in [5, 5.41) is 3.42. The van der Waals surface area contributed by atoms with Gasteiger partial charge in [-0.1, -0.05) is 0 Å². The molecule has 0 aromatic heterocycles. The Bertz CT molecular complexity index is 242. The lowest BCUT2D eigenvalue weighted by atomic mass is 9.90. The van der Waals surface area contributed by atoms with Crippen molar-refractivity contribution >= 4 is 0 Å². The van der Waals surface area contributed by atoms with E-state index in [4.69, 9.17) is 9.47 Å². The summed E-state index contributed by atoms with van der Waals surface area (Å²) in [6.45, 7) is 7.36. The molecule has 4 heteroatoms. The van der Waals surface area contributed by atoms with Crippen molar-refractivity contribution in [1.82, 2.24) is 10.2 Å². The molecule has 0 bridgehead atoms. The Hall–Kier alpha value is -0.160. The number of nitrogens with one attached hydrogen (secondary N) is 1. The zero-order valence-corrected chi connectivity index (χ0v) is 10.6. The number of rotatable bonds is 2. The molecule has 3 fully saturated rings. The van der Waals surface area contributed by atoms with Crippen molar-refractivity contribution in [2.45, 2.75) is 37.4 Å². The van der Waals surface area contributed by atoms with Crippen LogP contribution in [0, 0.1) is 0 Å². The fourth-order valence-electron chi connectivity index (χ4n) is 3.34. The van der Waals surface area contributed by atoms with Crippen LogP contribution in [0.1, 0.15) is 25.7 Å². The largest absolute Gasteiger partial charge is 0.377 e. The monoisotopic (exact) mass is 240 g/mol. The fraction of sp³-hybridized carbons (Fsp3) is 1.00. The first-order chi connectivity index (χ1) is 8.36. The van der Waals surface area contributed by atoms with E-state index in [0.717, 1.165) is 58.8 Å². The van der Waals surface area contributed by atoms with Crippen molar-refractivity contribution in [3.05, 3.63) is 0 Å². The molecule has 3 saturated heterocycles. The molecule has 3 aliphatic heterocycles. The molecule has 0 radical (unpaired) electrons. The van der Waals surface area contributed by atoms with Crippen LogP contribution in [0.25, 0.3) is 0 Å². The smallest absolute Gasteiger partial charge is 0.0833 e. The third-order valence-corrected chi connectivity index (χ3v) is 4.33. The first-order valence-electron chi connectivity index (χ1n) is 7.05. The summed E-state index contributed by atoms with van der Waals surface area (Å²) >= 11 is 0. The van der Waals surface area contributed by atoms with Crippen molar-refractivity contribution in [3.8, 4) is 0 Å². The van der Waals surface area contributed by atoms with Crippen LogP contribution in [0.4, 0.5) is 0 Å². The van der Waals surface area contributed by atoms with Gasteiger partial charge in [0.15, 0.2) is 0 Å². The lowest BCUT2D eigenvalue weighted by Crippen LogP contribution is -2.57. The molecule has 3 aliphatic rings. The molecule has 0 saturated carbocycles. The third-order valence-electron chi connectivity index (χ3n) is 4.33. The van der Waals surface area contributed by atoms with E-state index < -0.39 is 0 Å². The molecule has 0 aliphatic carbocycles. The number of nitrogens with zero attached hydrogens (tertiary/aromatic N) is 1. The zero-order chi connectivity index (χ0) is 11.6. The predicted molar refractivity (Wildman–Crippen MR) is 66.2 cm³/mol. The predicted octanol–water partition coefficient (Wildman–Crippen LogP) is 0.620. The van der Waals surface area contributed by atoms with Gasteiger partial charge in [-0.3, -0.25) is 4.90 Å². The van der Waals surface area contributed by atoms with Crippen molar-refractivity contribution < 1.29 is 9.47 Å². The van der Waals surface area contributed by atoms with E-state index in [1.807, 2.05) is 0 Å². The van der Waals surface area contributed by atoms with Crippen molar-refractivity contribution in [3.63, 3.8) is 0 Å². The minimum absolute atomic E-state index is 0.141. The number of hydrogen-bond acceptors (Lipinski definition) is 4. The number of morpholine rings is 1. The van der Waals surface area contributed by atoms with Gasteiger partial charge in [0, 0.05) is 26.2 Å². The van der Waals surface area contributed by atoms with Crippen LogP contribution in [0.5, 0.6) is 0 Å². The molecule has 98 valence electrons. The second-order valence-corrected chi connectivity index (χ2v) is 5.65. The normalized spacial score (nSPS) is 34.2. The minimum atomic E-state index is 0.141. The van der Waals surface area contributed by atoms with Crippen molar-refractivity contribution in [1.29, 1.82) is 0 Å². The first-order valence-corrected chi connectivity index (χ1v) is 7.05. The number of ether oxygens (including phenoxy) is 2. The van der Waals surface area contributed by atoms with Crippen LogP contribution >= 0.6 is 0 Å². The highest BCUT2D eigenvalue weighted by Gasteiger charge is 2.38. The van der Waals surface area contributed by atoms with Crippen LogP contribution in [0.2, 0.25) is 0 Å². The standard InChI is InChI=1S/C13H24N2O2/c1-2-12(16-8-1)10-15-7-9-17-13(11-15)3-5-14-6-4-13/h12,14H,1-11H2. The highest BCUT2D eigenvalue weighted by atomic mass is 16.5. The number of hydrogen-bond donors (Lipinski definition) is 1. The van der Waals surface area contributed by atoms with Crippen molar-refractivity contribution in [2.24, 2.45) is 0 Å². The van der Waals surface area contributed by atoms with Crippen LogP contribution < -0.4 is 5.32 Å². The SMILES string of the molecule is C1COC(CN2CCOC3(CCNCC3)C2)C1. The van der Waals surface area contributed by atoms with Gasteiger partial charge in [-0.15, -0.1) is 0 Å². The molecule has 0 amide bonds. The highest BCUT2D eigenvalue weighted by Crippen LogP contribution is 2.28. The van der Waals surface area contributed by atoms with Gasteiger partial charge in [0.25, 0.3) is 0 Å². The molecule has 1 atom stereocenters. The summed E-state index contributed by atoms with van der Waals surface area (Å²) < 4.78 is 11.8. The van der Waals surface area contributed by atoms with E-state index >= 15 is 0 Å². The molecular formula is C13H24N2O2. The van der Waals surface area contributed by atoms with Gasteiger partial charge in [-0.05, 0) is 38.8 Å². The Kier molecular flexibility index (Phi) is 3.66. The van der Waals surface area contributed by atoms with E-state index in [9.17, 15) is 0 Å². The molecule has 1 spiro atoms. The molecular weight excluding hydrogens is 216 g/mol. The van der Waals surface area contributed by atoms with E-state index in [0.29, 0.717) is 6.10 Å². The summed E-state index contributed by atoms with van der Waals surface area (Å²) in [5.74, 6) is 0. The van der Waals surface area contributed by atoms with E-state index in [1.54, 1.807) is 0 Å². The third kappa shape index (κ3) is 2.81. The Morgan fingerprint density at radius 2 is 2.12 bits per heavy atom. The molecule has 4 nitrogen and oxygen atoms in total. The van der Waals surface area contributed by atoms with Gasteiger partial charge < -0.3 is 14.8 Å². The molecule has 3 rings (SSSR count). The maximum atomic E-state index is 6.08. The Labute approximate surface area is 104 Å². The second-order valence-electron chi connectivity index (χ2n) is 5.65. The average Bonchev–Trinajstić information content (AvgIpc) is 2.83. The summed E-state index contributed by atoms with van der Waals surface area (Å²) in [6, 6.07) is 0. The maximum Gasteiger partial charge on any atom is 0.0833 e. The summed E-state index contributed by atoms with van der Waals surface area (Å²) in [4.78, 5) is 2.56. The van der Waals surface area contributed by atoms with Gasteiger partial charge in [0.05, 0.1) is 18.3 Å². The van der Waals surface area contributed by atoms with Gasteiger partial charge in [0.1, 0.15) is 0 Å². The van der Waals surface area contributed by atoms with Gasteiger partial charge >= 0.3 is 0 Å². The minimum Gasteiger partial charge on any atom is -0.377 e. The van der Waals surface area contributed by atoms with Crippen LogP contribution in [-0.4, -0.2) is 62.5 Å². The van der Waals surface area contributed by atoms with E-state index in [2.05, 4.69) is 10.2 Å². The Balaban J connectivity index is 1.55. The molecule has 0 aromatic carbocycles. The summed E-state index contributed by atoms with van der Waals surface area (Å²) in [6.07, 6.45) is 5.28. The van der Waals surface area contributed by atoms with Gasteiger partial charge in [-0.2, -0.15) is 0 Å². The average molecular weight is 240 g/mol. The summed E-state index contributed by atoms with van der Waals surface area (Å²) in [7, 11) is 0.